The Morgan fingerprint density at radius 1 is 1.12 bits per heavy atom. The van der Waals surface area contributed by atoms with Crippen molar-refractivity contribution in [3.05, 3.63) is 53.3 Å². The van der Waals surface area contributed by atoms with E-state index >= 15 is 0 Å². The Hall–Kier alpha value is -1.61. The molecule has 0 aliphatic rings. The van der Waals surface area contributed by atoms with E-state index < -0.39 is 0 Å². The highest BCUT2D eigenvalue weighted by Gasteiger charge is 2.02. The lowest BCUT2D eigenvalue weighted by molar-refractivity contribution is 0.402. The Balaban J connectivity index is 0.00000312. The van der Waals surface area contributed by atoms with E-state index in [4.69, 9.17) is 0 Å². The fourth-order valence-electron chi connectivity index (χ4n) is 2.38. The van der Waals surface area contributed by atoms with Crippen LogP contribution in [-0.4, -0.2) is 41.3 Å². The topological polar surface area (TPSA) is 57.5 Å². The van der Waals surface area contributed by atoms with E-state index in [0.29, 0.717) is 13.1 Å². The zero-order valence-electron chi connectivity index (χ0n) is 15.5. The maximum atomic E-state index is 4.66. The second kappa shape index (κ2) is 11.1. The van der Waals surface area contributed by atoms with Crippen LogP contribution in [0, 0.1) is 0 Å². The van der Waals surface area contributed by atoms with Crippen LogP contribution in [0.1, 0.15) is 23.7 Å². The number of aliphatic imine (C=N–C) groups is 1. The minimum atomic E-state index is 0. The number of benzene rings is 1. The quantitative estimate of drug-likeness (QED) is 0.382. The van der Waals surface area contributed by atoms with E-state index in [1.54, 1.807) is 6.20 Å². The number of hydrogen-bond donors (Lipinski definition) is 2. The van der Waals surface area contributed by atoms with Gasteiger partial charge in [0.05, 0.1) is 18.8 Å². The molecule has 6 nitrogen and oxygen atoms in total. The van der Waals surface area contributed by atoms with Crippen molar-refractivity contribution in [1.29, 1.82) is 0 Å². The highest BCUT2D eigenvalue weighted by atomic mass is 127. The summed E-state index contributed by atoms with van der Waals surface area (Å²) in [5, 5.41) is 10.8. The van der Waals surface area contributed by atoms with E-state index in [-0.39, 0.29) is 24.0 Å². The summed E-state index contributed by atoms with van der Waals surface area (Å²) in [7, 11) is 6.10. The molecule has 0 fully saturated rings. The van der Waals surface area contributed by atoms with Crippen LogP contribution in [0.2, 0.25) is 0 Å². The van der Waals surface area contributed by atoms with E-state index in [9.17, 15) is 0 Å². The van der Waals surface area contributed by atoms with Crippen LogP contribution >= 0.6 is 24.0 Å². The van der Waals surface area contributed by atoms with Crippen LogP contribution in [0.5, 0.6) is 0 Å². The Morgan fingerprint density at radius 2 is 1.80 bits per heavy atom. The van der Waals surface area contributed by atoms with Crippen LogP contribution in [0.4, 0.5) is 0 Å². The first-order valence-electron chi connectivity index (χ1n) is 8.30. The zero-order chi connectivity index (χ0) is 17.4. The van der Waals surface area contributed by atoms with Crippen molar-refractivity contribution in [2.45, 2.75) is 26.6 Å². The number of rotatable bonds is 7. The first-order valence-corrected chi connectivity index (χ1v) is 8.30. The van der Waals surface area contributed by atoms with E-state index in [1.165, 1.54) is 11.1 Å². The molecule has 0 unspecified atom stereocenters. The lowest BCUT2D eigenvalue weighted by Gasteiger charge is -2.12. The minimum absolute atomic E-state index is 0. The van der Waals surface area contributed by atoms with Crippen molar-refractivity contribution in [2.75, 3.05) is 20.6 Å². The minimum Gasteiger partial charge on any atom is -0.357 e. The number of guanidine groups is 1. The Morgan fingerprint density at radius 3 is 2.36 bits per heavy atom. The third kappa shape index (κ3) is 7.43. The standard InChI is InChI=1S/C18H28N6.HI/c1-5-19-18(21-13-17-10-11-22-24(17)4)20-12-15-6-8-16(9-7-15)14-23(2)3;/h6-11H,5,12-14H2,1-4H3,(H2,19,20,21);1H. The van der Waals surface area contributed by atoms with Gasteiger partial charge >= 0.3 is 0 Å². The van der Waals surface area contributed by atoms with Crippen molar-refractivity contribution < 1.29 is 0 Å². The number of aryl methyl sites for hydroxylation is 1. The van der Waals surface area contributed by atoms with Gasteiger partial charge in [0.25, 0.3) is 0 Å². The summed E-state index contributed by atoms with van der Waals surface area (Å²) in [6.07, 6.45) is 1.80. The molecule has 0 amide bonds. The predicted octanol–water partition coefficient (Wildman–Crippen LogP) is 2.36. The molecule has 25 heavy (non-hydrogen) atoms. The number of hydrogen-bond acceptors (Lipinski definition) is 3. The number of halogens is 1. The summed E-state index contributed by atoms with van der Waals surface area (Å²) in [6, 6.07) is 10.6. The fraction of sp³-hybridized carbons (Fsp3) is 0.444. The number of aromatic nitrogens is 2. The van der Waals surface area contributed by atoms with E-state index in [1.807, 2.05) is 17.8 Å². The molecular weight excluding hydrogens is 427 g/mol. The molecule has 0 aliphatic carbocycles. The fourth-order valence-corrected chi connectivity index (χ4v) is 2.38. The lowest BCUT2D eigenvalue weighted by atomic mass is 10.1. The summed E-state index contributed by atoms with van der Waals surface area (Å²) in [6.45, 7) is 5.21. The molecule has 0 saturated heterocycles. The molecule has 2 rings (SSSR count). The highest BCUT2D eigenvalue weighted by molar-refractivity contribution is 14.0. The maximum Gasteiger partial charge on any atom is 0.191 e. The monoisotopic (exact) mass is 456 g/mol. The molecule has 0 aliphatic heterocycles. The molecule has 7 heteroatoms. The normalized spacial score (nSPS) is 11.3. The Labute approximate surface area is 167 Å². The van der Waals surface area contributed by atoms with Gasteiger partial charge in [0.2, 0.25) is 0 Å². The Bertz CT molecular complexity index is 648. The molecule has 0 spiro atoms. The van der Waals surface area contributed by atoms with Gasteiger partial charge in [-0.25, -0.2) is 4.99 Å². The van der Waals surface area contributed by atoms with Crippen molar-refractivity contribution in [3.8, 4) is 0 Å². The molecule has 1 aromatic heterocycles. The van der Waals surface area contributed by atoms with Crippen molar-refractivity contribution in [1.82, 2.24) is 25.3 Å². The van der Waals surface area contributed by atoms with Gasteiger partial charge < -0.3 is 15.5 Å². The van der Waals surface area contributed by atoms with Gasteiger partial charge in [-0.2, -0.15) is 5.10 Å². The van der Waals surface area contributed by atoms with Gasteiger partial charge in [-0.3, -0.25) is 4.68 Å². The average Bonchev–Trinajstić information content (AvgIpc) is 2.96. The van der Waals surface area contributed by atoms with Gasteiger partial charge in [0.15, 0.2) is 5.96 Å². The molecule has 1 heterocycles. The summed E-state index contributed by atoms with van der Waals surface area (Å²) in [5.41, 5.74) is 3.64. The molecule has 0 radical (unpaired) electrons. The molecule has 2 aromatic rings. The van der Waals surface area contributed by atoms with Crippen LogP contribution in [0.3, 0.4) is 0 Å². The zero-order valence-corrected chi connectivity index (χ0v) is 17.8. The third-order valence-electron chi connectivity index (χ3n) is 3.65. The summed E-state index contributed by atoms with van der Waals surface area (Å²) < 4.78 is 1.86. The van der Waals surface area contributed by atoms with Gasteiger partial charge in [0, 0.05) is 26.3 Å². The summed E-state index contributed by atoms with van der Waals surface area (Å²) in [5.74, 6) is 0.816. The summed E-state index contributed by atoms with van der Waals surface area (Å²) in [4.78, 5) is 6.82. The molecule has 1 aromatic carbocycles. The maximum absolute atomic E-state index is 4.66. The average molecular weight is 456 g/mol. The number of nitrogens with one attached hydrogen (secondary N) is 2. The second-order valence-electron chi connectivity index (χ2n) is 6.05. The number of nitrogens with zero attached hydrogens (tertiary/aromatic N) is 4. The highest BCUT2D eigenvalue weighted by Crippen LogP contribution is 2.07. The lowest BCUT2D eigenvalue weighted by Crippen LogP contribution is -2.37. The molecule has 0 atom stereocenters. The molecule has 0 bridgehead atoms. The van der Waals surface area contributed by atoms with Crippen molar-refractivity contribution >= 4 is 29.9 Å². The van der Waals surface area contributed by atoms with Crippen LogP contribution in [0.15, 0.2) is 41.5 Å². The Kier molecular flexibility index (Phi) is 9.51. The molecule has 138 valence electrons. The predicted molar refractivity (Wildman–Crippen MR) is 114 cm³/mol. The van der Waals surface area contributed by atoms with Gasteiger partial charge in [-0.1, -0.05) is 24.3 Å². The second-order valence-corrected chi connectivity index (χ2v) is 6.05. The summed E-state index contributed by atoms with van der Waals surface area (Å²) >= 11 is 0. The first kappa shape index (κ1) is 21.4. The van der Waals surface area contributed by atoms with Gasteiger partial charge in [-0.05, 0) is 38.2 Å². The van der Waals surface area contributed by atoms with Gasteiger partial charge in [0.1, 0.15) is 0 Å². The first-order chi connectivity index (χ1) is 11.6. The largest absolute Gasteiger partial charge is 0.357 e. The van der Waals surface area contributed by atoms with Gasteiger partial charge in [-0.15, -0.1) is 24.0 Å². The third-order valence-corrected chi connectivity index (χ3v) is 3.65. The van der Waals surface area contributed by atoms with Crippen molar-refractivity contribution in [3.63, 3.8) is 0 Å². The van der Waals surface area contributed by atoms with Crippen LogP contribution < -0.4 is 10.6 Å². The van der Waals surface area contributed by atoms with E-state index in [2.05, 4.69) is 70.9 Å². The van der Waals surface area contributed by atoms with Crippen LogP contribution in [-0.2, 0) is 26.7 Å². The smallest absolute Gasteiger partial charge is 0.191 e. The van der Waals surface area contributed by atoms with Crippen molar-refractivity contribution in [2.24, 2.45) is 12.0 Å². The van der Waals surface area contributed by atoms with Crippen LogP contribution in [0.25, 0.3) is 0 Å². The SMILES string of the molecule is CCNC(=NCc1ccc(CN(C)C)cc1)NCc1ccnn1C.I. The molecular formula is C18H29IN6. The molecule has 2 N–H and O–H groups in total. The van der Waals surface area contributed by atoms with E-state index in [0.717, 1.165) is 24.7 Å². The molecule has 0 saturated carbocycles.